The van der Waals surface area contributed by atoms with Gasteiger partial charge in [-0.15, -0.1) is 0 Å². The zero-order valence-corrected chi connectivity index (χ0v) is 11.6. The SMILES string of the molecule is Cc1nn(C)c(N2CC(C)SC(C)C2)c1C#N. The normalized spacial score (nSPS) is 24.8. The van der Waals surface area contributed by atoms with Gasteiger partial charge >= 0.3 is 0 Å². The summed E-state index contributed by atoms with van der Waals surface area (Å²) < 4.78 is 1.84. The van der Waals surface area contributed by atoms with Crippen LogP contribution in [0, 0.1) is 18.3 Å². The molecule has 1 aromatic rings. The van der Waals surface area contributed by atoms with Gasteiger partial charge in [-0.1, -0.05) is 13.8 Å². The molecule has 0 radical (unpaired) electrons. The van der Waals surface area contributed by atoms with Crippen molar-refractivity contribution in [3.8, 4) is 6.07 Å². The van der Waals surface area contributed by atoms with Crippen LogP contribution in [0.3, 0.4) is 0 Å². The molecule has 2 heterocycles. The minimum Gasteiger partial charge on any atom is -0.354 e. The lowest BCUT2D eigenvalue weighted by Crippen LogP contribution is -2.41. The number of nitrogens with zero attached hydrogens (tertiary/aromatic N) is 4. The number of hydrogen-bond donors (Lipinski definition) is 0. The molecule has 1 saturated heterocycles. The Balaban J connectivity index is 2.37. The van der Waals surface area contributed by atoms with Crippen molar-refractivity contribution in [1.82, 2.24) is 9.78 Å². The highest BCUT2D eigenvalue weighted by Gasteiger charge is 2.27. The Morgan fingerprint density at radius 1 is 1.35 bits per heavy atom. The summed E-state index contributed by atoms with van der Waals surface area (Å²) in [7, 11) is 1.92. The van der Waals surface area contributed by atoms with Gasteiger partial charge in [0.25, 0.3) is 0 Å². The predicted molar refractivity (Wildman–Crippen MR) is 71.4 cm³/mol. The van der Waals surface area contributed by atoms with Gasteiger partial charge in [-0.3, -0.25) is 4.68 Å². The topological polar surface area (TPSA) is 44.9 Å². The van der Waals surface area contributed by atoms with E-state index >= 15 is 0 Å². The molecule has 0 N–H and O–H groups in total. The standard InChI is InChI=1S/C12H18N4S/c1-8-6-16(7-9(2)17-8)12-11(5-13)10(3)14-15(12)4/h8-9H,6-7H2,1-4H3. The fourth-order valence-corrected chi connectivity index (χ4v) is 3.82. The Bertz CT molecular complexity index is 450. The quantitative estimate of drug-likeness (QED) is 0.764. The molecule has 0 aliphatic carbocycles. The Morgan fingerprint density at radius 2 is 1.94 bits per heavy atom. The number of hydrogen-bond acceptors (Lipinski definition) is 4. The van der Waals surface area contributed by atoms with Gasteiger partial charge in [0.2, 0.25) is 0 Å². The molecule has 0 bridgehead atoms. The van der Waals surface area contributed by atoms with E-state index < -0.39 is 0 Å². The van der Waals surface area contributed by atoms with Crippen LogP contribution in [0.4, 0.5) is 5.82 Å². The van der Waals surface area contributed by atoms with E-state index in [2.05, 4.69) is 29.9 Å². The molecule has 2 unspecified atom stereocenters. The van der Waals surface area contributed by atoms with Crippen molar-refractivity contribution in [2.45, 2.75) is 31.3 Å². The molecule has 5 heteroatoms. The summed E-state index contributed by atoms with van der Waals surface area (Å²) in [6.45, 7) is 8.35. The van der Waals surface area contributed by atoms with Gasteiger partial charge in [-0.2, -0.15) is 22.1 Å². The minimum absolute atomic E-state index is 0.598. The molecule has 1 aliphatic heterocycles. The smallest absolute Gasteiger partial charge is 0.145 e. The molecular weight excluding hydrogens is 232 g/mol. The molecule has 1 aromatic heterocycles. The molecule has 1 fully saturated rings. The molecule has 4 nitrogen and oxygen atoms in total. The maximum absolute atomic E-state index is 9.24. The summed E-state index contributed by atoms with van der Waals surface area (Å²) in [5.74, 6) is 0.976. The van der Waals surface area contributed by atoms with Gasteiger partial charge < -0.3 is 4.90 Å². The monoisotopic (exact) mass is 250 g/mol. The van der Waals surface area contributed by atoms with Crippen molar-refractivity contribution >= 4 is 17.6 Å². The number of nitriles is 1. The minimum atomic E-state index is 0.598. The van der Waals surface area contributed by atoms with Crippen LogP contribution >= 0.6 is 11.8 Å². The predicted octanol–water partition coefficient (Wildman–Crippen LogP) is 1.93. The van der Waals surface area contributed by atoms with Crippen LogP contribution < -0.4 is 4.90 Å². The van der Waals surface area contributed by atoms with E-state index in [-0.39, 0.29) is 0 Å². The number of aryl methyl sites for hydroxylation is 2. The van der Waals surface area contributed by atoms with E-state index in [4.69, 9.17) is 0 Å². The highest BCUT2D eigenvalue weighted by Crippen LogP contribution is 2.30. The molecule has 92 valence electrons. The van der Waals surface area contributed by atoms with Crippen molar-refractivity contribution < 1.29 is 0 Å². The summed E-state index contributed by atoms with van der Waals surface area (Å²) in [5, 5.41) is 14.8. The average molecular weight is 250 g/mol. The first-order valence-corrected chi connectivity index (χ1v) is 6.81. The van der Waals surface area contributed by atoms with Gasteiger partial charge in [-0.25, -0.2) is 0 Å². The number of aromatic nitrogens is 2. The van der Waals surface area contributed by atoms with Gasteiger partial charge in [0, 0.05) is 30.6 Å². The molecule has 0 saturated carbocycles. The summed E-state index contributed by atoms with van der Waals surface area (Å²) >= 11 is 2.01. The van der Waals surface area contributed by atoms with Crippen molar-refractivity contribution in [2.24, 2.45) is 7.05 Å². The Kier molecular flexibility index (Phi) is 3.34. The second-order valence-electron chi connectivity index (χ2n) is 4.68. The second kappa shape index (κ2) is 4.61. The lowest BCUT2D eigenvalue weighted by atomic mass is 10.2. The van der Waals surface area contributed by atoms with Crippen LogP contribution in [0.5, 0.6) is 0 Å². The number of anilines is 1. The van der Waals surface area contributed by atoms with Gasteiger partial charge in [-0.05, 0) is 6.92 Å². The van der Waals surface area contributed by atoms with Crippen LogP contribution in [0.1, 0.15) is 25.1 Å². The van der Waals surface area contributed by atoms with Gasteiger partial charge in [0.05, 0.1) is 5.69 Å². The largest absolute Gasteiger partial charge is 0.354 e. The summed E-state index contributed by atoms with van der Waals surface area (Å²) in [4.78, 5) is 2.30. The van der Waals surface area contributed by atoms with Gasteiger partial charge in [0.1, 0.15) is 17.5 Å². The van der Waals surface area contributed by atoms with Crippen LogP contribution in [0.15, 0.2) is 0 Å². The molecule has 0 amide bonds. The Morgan fingerprint density at radius 3 is 2.47 bits per heavy atom. The maximum atomic E-state index is 9.24. The Hall–Kier alpha value is -1.15. The summed E-state index contributed by atoms with van der Waals surface area (Å²) in [6, 6.07) is 2.28. The van der Waals surface area contributed by atoms with E-state index in [0.29, 0.717) is 10.5 Å². The van der Waals surface area contributed by atoms with Crippen molar-refractivity contribution in [3.05, 3.63) is 11.3 Å². The third kappa shape index (κ3) is 2.27. The molecule has 0 spiro atoms. The average Bonchev–Trinajstić information content (AvgIpc) is 2.51. The van der Waals surface area contributed by atoms with E-state index in [1.165, 1.54) is 0 Å². The zero-order chi connectivity index (χ0) is 12.6. The summed E-state index contributed by atoms with van der Waals surface area (Å²) in [6.07, 6.45) is 0. The lowest BCUT2D eigenvalue weighted by Gasteiger charge is -2.36. The maximum Gasteiger partial charge on any atom is 0.145 e. The van der Waals surface area contributed by atoms with E-state index in [1.54, 1.807) is 0 Å². The van der Waals surface area contributed by atoms with Crippen LogP contribution in [0.25, 0.3) is 0 Å². The van der Waals surface area contributed by atoms with Crippen LogP contribution in [-0.4, -0.2) is 33.4 Å². The fraction of sp³-hybridized carbons (Fsp3) is 0.667. The molecule has 2 rings (SSSR count). The Labute approximate surface area is 107 Å². The van der Waals surface area contributed by atoms with Crippen molar-refractivity contribution in [3.63, 3.8) is 0 Å². The zero-order valence-electron chi connectivity index (χ0n) is 10.8. The molecule has 17 heavy (non-hydrogen) atoms. The van der Waals surface area contributed by atoms with Crippen molar-refractivity contribution in [1.29, 1.82) is 5.26 Å². The molecule has 0 aromatic carbocycles. The third-order valence-corrected chi connectivity index (χ3v) is 4.25. The number of rotatable bonds is 1. The van der Waals surface area contributed by atoms with E-state index in [9.17, 15) is 5.26 Å². The first kappa shape index (κ1) is 12.3. The number of thioether (sulfide) groups is 1. The molecule has 2 atom stereocenters. The van der Waals surface area contributed by atoms with Crippen LogP contribution in [-0.2, 0) is 7.05 Å². The first-order valence-electron chi connectivity index (χ1n) is 5.87. The van der Waals surface area contributed by atoms with Crippen molar-refractivity contribution in [2.75, 3.05) is 18.0 Å². The fourth-order valence-electron chi connectivity index (χ4n) is 2.49. The highest BCUT2D eigenvalue weighted by atomic mass is 32.2. The lowest BCUT2D eigenvalue weighted by molar-refractivity contribution is 0.669. The summed E-state index contributed by atoms with van der Waals surface area (Å²) in [5.41, 5.74) is 1.54. The molecular formula is C12H18N4S. The van der Waals surface area contributed by atoms with Crippen LogP contribution in [0.2, 0.25) is 0 Å². The second-order valence-corrected chi connectivity index (χ2v) is 6.56. The van der Waals surface area contributed by atoms with E-state index in [1.807, 2.05) is 30.4 Å². The third-order valence-electron chi connectivity index (χ3n) is 3.02. The first-order chi connectivity index (χ1) is 8.02. The molecule has 1 aliphatic rings. The van der Waals surface area contributed by atoms with E-state index in [0.717, 1.165) is 30.2 Å². The van der Waals surface area contributed by atoms with Gasteiger partial charge in [0.15, 0.2) is 0 Å². The highest BCUT2D eigenvalue weighted by molar-refractivity contribution is 8.00.